The average Bonchev–Trinajstić information content (AvgIpc) is 2.42. The van der Waals surface area contributed by atoms with Crippen LogP contribution in [0.5, 0.6) is 5.75 Å². The maximum atomic E-state index is 11.9. The molecule has 0 bridgehead atoms. The van der Waals surface area contributed by atoms with Gasteiger partial charge in [-0.3, -0.25) is 4.79 Å². The molecule has 1 atom stereocenters. The van der Waals surface area contributed by atoms with E-state index in [0.29, 0.717) is 21.2 Å². The predicted octanol–water partition coefficient (Wildman–Crippen LogP) is 3.39. The molecule has 0 spiro atoms. The molecule has 0 aliphatic heterocycles. The number of hydrogen-bond donors (Lipinski definition) is 2. The Hall–Kier alpha value is -0.590. The fourth-order valence-electron chi connectivity index (χ4n) is 1.58. The monoisotopic (exact) mass is 407 g/mol. The second kappa shape index (κ2) is 8.64. The molecule has 1 amide bonds. The fraction of sp³-hybridized carbons (Fsp3) is 0.500. The second-order valence-corrected chi connectivity index (χ2v) is 6.16. The van der Waals surface area contributed by atoms with Crippen LogP contribution in [0, 0.1) is 0 Å². The van der Waals surface area contributed by atoms with Crippen molar-refractivity contribution in [2.45, 2.75) is 39.4 Å². The molecule has 1 rings (SSSR count). The molecule has 0 fully saturated rings. The summed E-state index contributed by atoms with van der Waals surface area (Å²) in [6.07, 6.45) is 1.41. The normalized spacial score (nSPS) is 12.1. The first kappa shape index (κ1) is 17.5. The van der Waals surface area contributed by atoms with Gasteiger partial charge in [0.2, 0.25) is 0 Å². The van der Waals surface area contributed by atoms with Crippen LogP contribution in [0.4, 0.5) is 0 Å². The molecule has 0 heterocycles. The molecular formula is C14H19Br2NO3. The lowest BCUT2D eigenvalue weighted by molar-refractivity contribution is -0.127. The summed E-state index contributed by atoms with van der Waals surface area (Å²) in [6.45, 7) is 4.39. The number of amides is 1. The average molecular weight is 409 g/mol. The van der Waals surface area contributed by atoms with E-state index in [-0.39, 0.29) is 12.5 Å². The Labute approximate surface area is 136 Å². The molecule has 1 aromatic carbocycles. The van der Waals surface area contributed by atoms with Crippen LogP contribution in [0.1, 0.15) is 32.3 Å². The number of unbranched alkanes of at least 4 members (excludes halogenated alkanes) is 1. The quantitative estimate of drug-likeness (QED) is 0.680. The lowest BCUT2D eigenvalue weighted by Crippen LogP contribution is -2.36. The largest absolute Gasteiger partial charge is 0.479 e. The Morgan fingerprint density at radius 1 is 1.40 bits per heavy atom. The highest BCUT2D eigenvalue weighted by molar-refractivity contribution is 9.11. The number of carbonyl (C=O) groups excluding carboxylic acids is 1. The Balaban J connectivity index is 2.70. The first-order valence-corrected chi connectivity index (χ1v) is 8.11. The molecule has 0 saturated carbocycles. The molecule has 0 aromatic heterocycles. The van der Waals surface area contributed by atoms with Crippen LogP contribution in [0.15, 0.2) is 21.1 Å². The minimum atomic E-state index is -0.584. The van der Waals surface area contributed by atoms with E-state index in [4.69, 9.17) is 9.84 Å². The maximum Gasteiger partial charge on any atom is 0.260 e. The second-order valence-electron chi connectivity index (χ2n) is 4.45. The van der Waals surface area contributed by atoms with Crippen LogP contribution in [0.25, 0.3) is 0 Å². The first-order chi connectivity index (χ1) is 9.49. The van der Waals surface area contributed by atoms with Gasteiger partial charge in [-0.2, -0.15) is 0 Å². The number of aliphatic hydroxyl groups is 1. The van der Waals surface area contributed by atoms with Gasteiger partial charge in [0.25, 0.3) is 5.91 Å². The van der Waals surface area contributed by atoms with Gasteiger partial charge in [-0.1, -0.05) is 13.3 Å². The summed E-state index contributed by atoms with van der Waals surface area (Å²) < 4.78 is 7.08. The summed E-state index contributed by atoms with van der Waals surface area (Å²) in [7, 11) is 0. The van der Waals surface area contributed by atoms with E-state index in [1.807, 2.05) is 0 Å². The lowest BCUT2D eigenvalue weighted by Gasteiger charge is -2.17. The third kappa shape index (κ3) is 5.07. The van der Waals surface area contributed by atoms with Crippen molar-refractivity contribution in [1.29, 1.82) is 0 Å². The topological polar surface area (TPSA) is 58.6 Å². The molecule has 0 radical (unpaired) electrons. The third-order valence-electron chi connectivity index (χ3n) is 2.73. The smallest absolute Gasteiger partial charge is 0.260 e. The predicted molar refractivity (Wildman–Crippen MR) is 85.8 cm³/mol. The zero-order chi connectivity index (χ0) is 15.1. The van der Waals surface area contributed by atoms with Crippen molar-refractivity contribution in [1.82, 2.24) is 5.32 Å². The van der Waals surface area contributed by atoms with Crippen molar-refractivity contribution in [3.05, 3.63) is 26.6 Å². The molecule has 112 valence electrons. The molecule has 1 unspecified atom stereocenters. The van der Waals surface area contributed by atoms with Gasteiger partial charge in [0, 0.05) is 6.54 Å². The van der Waals surface area contributed by atoms with Gasteiger partial charge in [-0.25, -0.2) is 0 Å². The number of hydrogen-bond acceptors (Lipinski definition) is 3. The van der Waals surface area contributed by atoms with Gasteiger partial charge in [0.15, 0.2) is 6.10 Å². The van der Waals surface area contributed by atoms with Gasteiger partial charge >= 0.3 is 0 Å². The summed E-state index contributed by atoms with van der Waals surface area (Å²) in [5.41, 5.74) is 0.760. The van der Waals surface area contributed by atoms with Crippen molar-refractivity contribution in [3.8, 4) is 5.75 Å². The minimum Gasteiger partial charge on any atom is -0.479 e. The van der Waals surface area contributed by atoms with E-state index in [1.54, 1.807) is 19.1 Å². The van der Waals surface area contributed by atoms with E-state index in [2.05, 4.69) is 44.1 Å². The molecule has 0 aliphatic carbocycles. The Morgan fingerprint density at radius 2 is 2.00 bits per heavy atom. The van der Waals surface area contributed by atoms with Gasteiger partial charge in [-0.15, -0.1) is 0 Å². The van der Waals surface area contributed by atoms with Crippen molar-refractivity contribution in [2.75, 3.05) is 6.54 Å². The van der Waals surface area contributed by atoms with E-state index < -0.39 is 6.10 Å². The fourth-order valence-corrected chi connectivity index (χ4v) is 3.05. The molecular weight excluding hydrogens is 390 g/mol. The van der Waals surface area contributed by atoms with Gasteiger partial charge in [-0.05, 0) is 62.9 Å². The highest BCUT2D eigenvalue weighted by atomic mass is 79.9. The summed E-state index contributed by atoms with van der Waals surface area (Å²) >= 11 is 6.76. The highest BCUT2D eigenvalue weighted by Gasteiger charge is 2.17. The zero-order valence-electron chi connectivity index (χ0n) is 11.6. The number of carbonyl (C=O) groups is 1. The molecule has 0 aliphatic rings. The Bertz CT molecular complexity index is 443. The number of nitrogens with one attached hydrogen (secondary N) is 1. The van der Waals surface area contributed by atoms with Crippen LogP contribution in [0.3, 0.4) is 0 Å². The van der Waals surface area contributed by atoms with Gasteiger partial charge < -0.3 is 15.2 Å². The van der Waals surface area contributed by atoms with Crippen molar-refractivity contribution >= 4 is 37.8 Å². The number of halogens is 2. The van der Waals surface area contributed by atoms with Crippen molar-refractivity contribution < 1.29 is 14.6 Å². The van der Waals surface area contributed by atoms with Crippen molar-refractivity contribution in [3.63, 3.8) is 0 Å². The SMILES string of the molecule is CCCCNC(=O)C(C)Oc1c(Br)cc(CO)cc1Br. The van der Waals surface area contributed by atoms with E-state index >= 15 is 0 Å². The van der Waals surface area contributed by atoms with Crippen LogP contribution in [-0.4, -0.2) is 23.7 Å². The van der Waals surface area contributed by atoms with Crippen molar-refractivity contribution in [2.24, 2.45) is 0 Å². The first-order valence-electron chi connectivity index (χ1n) is 6.52. The molecule has 6 heteroatoms. The number of rotatable bonds is 7. The summed E-state index contributed by atoms with van der Waals surface area (Å²) in [5.74, 6) is 0.420. The summed E-state index contributed by atoms with van der Waals surface area (Å²) in [4.78, 5) is 11.9. The third-order valence-corrected chi connectivity index (χ3v) is 3.91. The van der Waals surface area contributed by atoms with Crippen LogP contribution >= 0.6 is 31.9 Å². The van der Waals surface area contributed by atoms with E-state index in [9.17, 15) is 4.79 Å². The molecule has 2 N–H and O–H groups in total. The highest BCUT2D eigenvalue weighted by Crippen LogP contribution is 2.35. The minimum absolute atomic E-state index is 0.0511. The summed E-state index contributed by atoms with van der Waals surface area (Å²) in [5, 5.41) is 12.0. The van der Waals surface area contributed by atoms with Crippen LogP contribution < -0.4 is 10.1 Å². The van der Waals surface area contributed by atoms with E-state index in [1.165, 1.54) is 0 Å². The number of benzene rings is 1. The molecule has 4 nitrogen and oxygen atoms in total. The maximum absolute atomic E-state index is 11.9. The molecule has 1 aromatic rings. The molecule has 0 saturated heterocycles. The number of aliphatic hydroxyl groups excluding tert-OH is 1. The lowest BCUT2D eigenvalue weighted by atomic mass is 10.2. The Kier molecular flexibility index (Phi) is 7.55. The van der Waals surface area contributed by atoms with Crippen LogP contribution in [0.2, 0.25) is 0 Å². The van der Waals surface area contributed by atoms with Gasteiger partial charge in [0.05, 0.1) is 15.6 Å². The molecule has 20 heavy (non-hydrogen) atoms. The van der Waals surface area contributed by atoms with Gasteiger partial charge in [0.1, 0.15) is 5.75 Å². The van der Waals surface area contributed by atoms with E-state index in [0.717, 1.165) is 18.4 Å². The van der Waals surface area contributed by atoms with Crippen LogP contribution in [-0.2, 0) is 11.4 Å². The number of ether oxygens (including phenoxy) is 1. The zero-order valence-corrected chi connectivity index (χ0v) is 14.8. The summed E-state index contributed by atoms with van der Waals surface area (Å²) in [6, 6.07) is 3.53. The standard InChI is InChI=1S/C14H19Br2NO3/c1-3-4-5-17-14(19)9(2)20-13-11(15)6-10(8-18)7-12(13)16/h6-7,9,18H,3-5,8H2,1-2H3,(H,17,19). The Morgan fingerprint density at radius 3 is 2.50 bits per heavy atom.